The molecule has 0 unspecified atom stereocenters. The summed E-state index contributed by atoms with van der Waals surface area (Å²) in [5.41, 5.74) is 5.43. The lowest BCUT2D eigenvalue weighted by Crippen LogP contribution is -2.20. The molecule has 0 saturated heterocycles. The molecule has 3 aromatic rings. The summed E-state index contributed by atoms with van der Waals surface area (Å²) in [6.45, 7) is 0.209. The summed E-state index contributed by atoms with van der Waals surface area (Å²) in [6.07, 6.45) is 1.15. The molecule has 176 valence electrons. The van der Waals surface area contributed by atoms with Gasteiger partial charge >= 0.3 is 6.18 Å². The zero-order valence-electron chi connectivity index (χ0n) is 18.1. The molecular weight excluding hydrogens is 437 g/mol. The SMILES string of the molecule is COc1cc2nn(C3CCC(CO)CC3)cc2cc1Cc1ccc(C(F)(F)F)nc1C(N)=O. The van der Waals surface area contributed by atoms with Crippen LogP contribution in [0.5, 0.6) is 5.75 Å². The number of rotatable bonds is 6. The van der Waals surface area contributed by atoms with Gasteiger partial charge in [0.1, 0.15) is 17.1 Å². The van der Waals surface area contributed by atoms with E-state index in [0.29, 0.717) is 17.2 Å². The Morgan fingerprint density at radius 2 is 1.94 bits per heavy atom. The normalized spacial score (nSPS) is 19.1. The van der Waals surface area contributed by atoms with Crippen LogP contribution < -0.4 is 10.5 Å². The van der Waals surface area contributed by atoms with Crippen LogP contribution in [0.4, 0.5) is 13.2 Å². The minimum Gasteiger partial charge on any atom is -0.496 e. The van der Waals surface area contributed by atoms with Crippen LogP contribution in [0.1, 0.15) is 59.0 Å². The molecule has 33 heavy (non-hydrogen) atoms. The molecule has 0 spiro atoms. The number of amides is 1. The molecule has 1 fully saturated rings. The zero-order valence-corrected chi connectivity index (χ0v) is 18.1. The van der Waals surface area contributed by atoms with E-state index >= 15 is 0 Å². The Balaban J connectivity index is 1.66. The number of alkyl halides is 3. The van der Waals surface area contributed by atoms with Gasteiger partial charge in [-0.15, -0.1) is 0 Å². The van der Waals surface area contributed by atoms with Crippen molar-refractivity contribution in [1.29, 1.82) is 0 Å². The second-order valence-electron chi connectivity index (χ2n) is 8.43. The molecule has 2 aromatic heterocycles. The summed E-state index contributed by atoms with van der Waals surface area (Å²) >= 11 is 0. The van der Waals surface area contributed by atoms with E-state index in [1.165, 1.54) is 13.2 Å². The first kappa shape index (κ1) is 23.0. The summed E-state index contributed by atoms with van der Waals surface area (Å²) in [5.74, 6) is -0.177. The maximum Gasteiger partial charge on any atom is 0.433 e. The Hall–Kier alpha value is -3.14. The Morgan fingerprint density at radius 3 is 2.55 bits per heavy atom. The van der Waals surface area contributed by atoms with Crippen molar-refractivity contribution in [3.05, 3.63) is 53.0 Å². The number of aliphatic hydroxyl groups excluding tert-OH is 1. The highest BCUT2D eigenvalue weighted by Crippen LogP contribution is 2.34. The van der Waals surface area contributed by atoms with Crippen molar-refractivity contribution in [2.45, 2.75) is 44.3 Å². The quantitative estimate of drug-likeness (QED) is 0.579. The molecule has 1 amide bonds. The van der Waals surface area contributed by atoms with Crippen LogP contribution in [0.3, 0.4) is 0 Å². The van der Waals surface area contributed by atoms with Crippen molar-refractivity contribution in [3.8, 4) is 5.75 Å². The standard InChI is InChI=1S/C23H25F3N4O3/c1-33-19-10-18-16(11-30(29-18)17-5-2-13(12-31)3-6-17)9-15(19)8-14-4-7-20(23(24,25)26)28-21(14)22(27)32/h4,7,9-11,13,17,31H,2-3,5-6,8,12H2,1H3,(H2,27,32). The lowest BCUT2D eigenvalue weighted by Gasteiger charge is -2.27. The molecule has 1 saturated carbocycles. The molecule has 7 nitrogen and oxygen atoms in total. The highest BCUT2D eigenvalue weighted by molar-refractivity contribution is 5.92. The van der Waals surface area contributed by atoms with Crippen LogP contribution in [-0.4, -0.2) is 39.5 Å². The van der Waals surface area contributed by atoms with E-state index in [1.807, 2.05) is 16.9 Å². The molecule has 0 bridgehead atoms. The average molecular weight is 462 g/mol. The fourth-order valence-corrected chi connectivity index (χ4v) is 4.43. The number of nitrogens with two attached hydrogens (primary N) is 1. The van der Waals surface area contributed by atoms with Crippen molar-refractivity contribution in [2.24, 2.45) is 11.7 Å². The highest BCUT2D eigenvalue weighted by Gasteiger charge is 2.33. The molecule has 3 N–H and O–H groups in total. The fourth-order valence-electron chi connectivity index (χ4n) is 4.43. The third kappa shape index (κ3) is 4.80. The van der Waals surface area contributed by atoms with Gasteiger partial charge in [-0.25, -0.2) is 4.98 Å². The number of halogens is 3. The molecule has 1 aliphatic rings. The minimum atomic E-state index is -4.68. The van der Waals surface area contributed by atoms with Gasteiger partial charge < -0.3 is 15.6 Å². The van der Waals surface area contributed by atoms with Gasteiger partial charge in [0.2, 0.25) is 0 Å². The predicted molar refractivity (Wildman–Crippen MR) is 115 cm³/mol. The number of benzene rings is 1. The molecule has 2 heterocycles. The fraction of sp³-hybridized carbons (Fsp3) is 0.435. The van der Waals surface area contributed by atoms with Crippen LogP contribution in [0.25, 0.3) is 10.9 Å². The highest BCUT2D eigenvalue weighted by atomic mass is 19.4. The van der Waals surface area contributed by atoms with Crippen molar-refractivity contribution in [3.63, 3.8) is 0 Å². The molecule has 0 aliphatic heterocycles. The largest absolute Gasteiger partial charge is 0.496 e. The number of hydrogen-bond acceptors (Lipinski definition) is 5. The van der Waals surface area contributed by atoms with E-state index in [0.717, 1.165) is 42.7 Å². The number of pyridine rings is 1. The Bertz CT molecular complexity index is 1170. The van der Waals surface area contributed by atoms with Gasteiger partial charge in [0.15, 0.2) is 0 Å². The van der Waals surface area contributed by atoms with E-state index in [4.69, 9.17) is 15.6 Å². The number of primary amides is 1. The third-order valence-corrected chi connectivity index (χ3v) is 6.26. The van der Waals surface area contributed by atoms with Gasteiger partial charge in [-0.3, -0.25) is 9.48 Å². The Morgan fingerprint density at radius 1 is 1.21 bits per heavy atom. The summed E-state index contributed by atoms with van der Waals surface area (Å²) in [5, 5.41) is 14.9. The van der Waals surface area contributed by atoms with Crippen molar-refractivity contribution in [2.75, 3.05) is 13.7 Å². The van der Waals surface area contributed by atoms with Crippen LogP contribution in [-0.2, 0) is 12.6 Å². The van der Waals surface area contributed by atoms with Gasteiger partial charge in [0.05, 0.1) is 18.7 Å². The van der Waals surface area contributed by atoms with Gasteiger partial charge in [-0.1, -0.05) is 6.07 Å². The van der Waals surface area contributed by atoms with E-state index in [2.05, 4.69) is 4.98 Å². The smallest absolute Gasteiger partial charge is 0.433 e. The molecule has 0 radical (unpaired) electrons. The van der Waals surface area contributed by atoms with Crippen LogP contribution in [0.2, 0.25) is 0 Å². The minimum absolute atomic E-state index is 0.120. The Kier molecular flexibility index (Phi) is 6.29. The van der Waals surface area contributed by atoms with Crippen molar-refractivity contribution < 1.29 is 27.8 Å². The molecular formula is C23H25F3N4O3. The average Bonchev–Trinajstić information content (AvgIpc) is 3.20. The van der Waals surface area contributed by atoms with Crippen LogP contribution >= 0.6 is 0 Å². The summed E-state index contributed by atoms with van der Waals surface area (Å²) in [7, 11) is 1.50. The summed E-state index contributed by atoms with van der Waals surface area (Å²) in [4.78, 5) is 15.3. The number of fused-ring (bicyclic) bond motifs is 1. The van der Waals surface area contributed by atoms with E-state index in [-0.39, 0.29) is 24.6 Å². The first-order valence-electron chi connectivity index (χ1n) is 10.7. The number of aliphatic hydroxyl groups is 1. The number of hydrogen-bond donors (Lipinski definition) is 2. The van der Waals surface area contributed by atoms with Gasteiger partial charge in [-0.05, 0) is 54.9 Å². The maximum absolute atomic E-state index is 13.0. The first-order chi connectivity index (χ1) is 15.7. The summed E-state index contributed by atoms with van der Waals surface area (Å²) < 4.78 is 46.5. The molecule has 1 aromatic carbocycles. The van der Waals surface area contributed by atoms with E-state index in [9.17, 15) is 23.1 Å². The maximum atomic E-state index is 13.0. The molecule has 10 heteroatoms. The molecule has 4 rings (SSSR count). The van der Waals surface area contributed by atoms with Gasteiger partial charge in [-0.2, -0.15) is 18.3 Å². The monoisotopic (exact) mass is 462 g/mol. The lowest BCUT2D eigenvalue weighted by atomic mass is 9.87. The van der Waals surface area contributed by atoms with E-state index < -0.39 is 23.5 Å². The van der Waals surface area contributed by atoms with Crippen molar-refractivity contribution in [1.82, 2.24) is 14.8 Å². The molecule has 0 atom stereocenters. The van der Waals surface area contributed by atoms with Gasteiger partial charge in [0.25, 0.3) is 5.91 Å². The number of ether oxygens (including phenoxy) is 1. The Labute approximate surface area is 188 Å². The lowest BCUT2D eigenvalue weighted by molar-refractivity contribution is -0.141. The third-order valence-electron chi connectivity index (χ3n) is 6.26. The number of carbonyl (C=O) groups is 1. The van der Waals surface area contributed by atoms with Crippen molar-refractivity contribution >= 4 is 16.8 Å². The topological polar surface area (TPSA) is 103 Å². The van der Waals surface area contributed by atoms with Gasteiger partial charge in [0, 0.05) is 30.7 Å². The van der Waals surface area contributed by atoms with E-state index in [1.54, 1.807) is 6.07 Å². The molecule has 1 aliphatic carbocycles. The van der Waals surface area contributed by atoms with Crippen LogP contribution in [0.15, 0.2) is 30.5 Å². The first-order valence-corrected chi connectivity index (χ1v) is 10.7. The summed E-state index contributed by atoms with van der Waals surface area (Å²) in [6, 6.07) is 5.95. The number of carbonyl (C=O) groups excluding carboxylic acids is 1. The second-order valence-corrected chi connectivity index (χ2v) is 8.43. The second kappa shape index (κ2) is 9.01. The number of aromatic nitrogens is 3. The zero-order chi connectivity index (χ0) is 23.8. The predicted octanol–water partition coefficient (Wildman–Crippen LogP) is 3.87. The number of nitrogens with zero attached hydrogens (tertiary/aromatic N) is 3. The van der Waals surface area contributed by atoms with Crippen LogP contribution in [0, 0.1) is 5.92 Å². The number of methoxy groups -OCH3 is 1.